The largest absolute Gasteiger partial charge is 0.550 e. The lowest BCUT2D eigenvalue weighted by atomic mass is 10.9. The van der Waals surface area contributed by atoms with Crippen LogP contribution in [-0.2, 0) is 4.74 Å². The maximum atomic E-state index is 9.27. The van der Waals surface area contributed by atoms with E-state index in [1.54, 1.807) is 6.92 Å². The number of carbonyl (C=O) groups excluding carboxylic acids is 1. The van der Waals surface area contributed by atoms with Gasteiger partial charge in [0, 0.05) is 40.5 Å². The minimum absolute atomic E-state index is 0.169. The minimum atomic E-state index is -1.46. The zero-order chi connectivity index (χ0) is 9.49. The fourth-order valence-electron chi connectivity index (χ4n) is 0.118. The SMILES string of the molecule is CCOC(=O)[O-].C[P+](C)(C)C. The van der Waals surface area contributed by atoms with Crippen LogP contribution in [0.3, 0.4) is 0 Å². The lowest BCUT2D eigenvalue weighted by molar-refractivity contribution is -0.282. The third-order valence-corrected chi connectivity index (χ3v) is 0.262. The Kier molecular flexibility index (Phi) is 7.75. The van der Waals surface area contributed by atoms with Gasteiger partial charge in [0.1, 0.15) is 0 Å². The van der Waals surface area contributed by atoms with Crippen molar-refractivity contribution in [2.75, 3.05) is 33.3 Å². The lowest BCUT2D eigenvalue weighted by Crippen LogP contribution is -2.23. The van der Waals surface area contributed by atoms with Crippen molar-refractivity contribution < 1.29 is 14.6 Å². The highest BCUT2D eigenvalue weighted by Gasteiger charge is 2.03. The summed E-state index contributed by atoms with van der Waals surface area (Å²) in [5.74, 6) is 0. The fourth-order valence-corrected chi connectivity index (χ4v) is 0.118. The highest BCUT2D eigenvalue weighted by Crippen LogP contribution is 2.40. The number of ether oxygens (including phenoxy) is 1. The van der Waals surface area contributed by atoms with E-state index >= 15 is 0 Å². The molecular formula is C7H17O3P. The van der Waals surface area contributed by atoms with Gasteiger partial charge < -0.3 is 14.6 Å². The minimum Gasteiger partial charge on any atom is -0.550 e. The van der Waals surface area contributed by atoms with Crippen LogP contribution in [0, 0.1) is 0 Å². The molecule has 4 heteroatoms. The van der Waals surface area contributed by atoms with Crippen molar-refractivity contribution in [3.63, 3.8) is 0 Å². The molecule has 68 valence electrons. The lowest BCUT2D eigenvalue weighted by Gasteiger charge is -1.99. The summed E-state index contributed by atoms with van der Waals surface area (Å²) >= 11 is 0. The van der Waals surface area contributed by atoms with Crippen molar-refractivity contribution in [2.24, 2.45) is 0 Å². The average Bonchev–Trinajstić information content (AvgIpc) is 1.58. The molecule has 0 aliphatic carbocycles. The Balaban J connectivity index is 0. The molecule has 0 rings (SSSR count). The summed E-state index contributed by atoms with van der Waals surface area (Å²) in [6.45, 7) is 10.9. The maximum Gasteiger partial charge on any atom is 0.251 e. The summed E-state index contributed by atoms with van der Waals surface area (Å²) in [5, 5.41) is 9.27. The first-order valence-electron chi connectivity index (χ1n) is 3.40. The van der Waals surface area contributed by atoms with Crippen LogP contribution in [0.2, 0.25) is 0 Å². The van der Waals surface area contributed by atoms with Gasteiger partial charge in [-0.25, -0.2) is 0 Å². The van der Waals surface area contributed by atoms with Crippen LogP contribution in [-0.4, -0.2) is 39.4 Å². The number of carbonyl (C=O) groups is 1. The number of rotatable bonds is 1. The van der Waals surface area contributed by atoms with Crippen molar-refractivity contribution in [1.29, 1.82) is 0 Å². The second-order valence-electron chi connectivity index (χ2n) is 3.37. The van der Waals surface area contributed by atoms with Crippen LogP contribution in [0.5, 0.6) is 0 Å². The molecular weight excluding hydrogens is 163 g/mol. The van der Waals surface area contributed by atoms with Gasteiger partial charge >= 0.3 is 0 Å². The predicted molar refractivity (Wildman–Crippen MR) is 47.6 cm³/mol. The van der Waals surface area contributed by atoms with E-state index in [0.29, 0.717) is 0 Å². The highest BCUT2D eigenvalue weighted by molar-refractivity contribution is 7.72. The predicted octanol–water partition coefficient (Wildman–Crippen LogP) is 0.889. The molecule has 0 amide bonds. The molecule has 0 saturated carbocycles. The standard InChI is InChI=1S/C4H12P.C3H6O3/c1-5(2,3)4;1-2-6-3(4)5/h1-4H3;2H2,1H3,(H,4,5)/q+1;/p-1. The summed E-state index contributed by atoms with van der Waals surface area (Å²) in [4.78, 5) is 9.27. The summed E-state index contributed by atoms with van der Waals surface area (Å²) in [6.07, 6.45) is -1.46. The molecule has 0 spiro atoms. The third kappa shape index (κ3) is 78.9. The molecule has 0 atom stereocenters. The first-order valence-corrected chi connectivity index (χ1v) is 6.97. The molecule has 0 heterocycles. The van der Waals surface area contributed by atoms with E-state index in [-0.39, 0.29) is 13.9 Å². The van der Waals surface area contributed by atoms with Crippen LogP contribution < -0.4 is 5.11 Å². The first kappa shape index (κ1) is 13.3. The molecule has 0 bridgehead atoms. The molecule has 0 aromatic heterocycles. The van der Waals surface area contributed by atoms with Gasteiger partial charge in [0.25, 0.3) is 6.16 Å². The second-order valence-corrected chi connectivity index (χ2v) is 8.73. The van der Waals surface area contributed by atoms with E-state index in [0.717, 1.165) is 0 Å². The normalized spacial score (nSPS) is 9.55. The fraction of sp³-hybridized carbons (Fsp3) is 0.857. The molecule has 0 radical (unpaired) electrons. The van der Waals surface area contributed by atoms with Crippen LogP contribution in [0.15, 0.2) is 0 Å². The first-order chi connectivity index (χ1) is 4.77. The second kappa shape index (κ2) is 6.41. The van der Waals surface area contributed by atoms with E-state index < -0.39 is 6.16 Å². The average molecular weight is 180 g/mol. The zero-order valence-electron chi connectivity index (χ0n) is 7.88. The Morgan fingerprint density at radius 3 is 1.64 bits per heavy atom. The topological polar surface area (TPSA) is 49.4 Å². The van der Waals surface area contributed by atoms with Crippen molar-refractivity contribution in [2.45, 2.75) is 6.92 Å². The van der Waals surface area contributed by atoms with Gasteiger partial charge in [-0.2, -0.15) is 0 Å². The molecule has 0 N–H and O–H groups in total. The summed E-state index contributed by atoms with van der Waals surface area (Å²) in [6, 6.07) is 0. The number of hydrogen-bond donors (Lipinski definition) is 0. The van der Waals surface area contributed by atoms with Crippen LogP contribution in [0.25, 0.3) is 0 Å². The molecule has 0 saturated heterocycles. The van der Waals surface area contributed by atoms with Crippen LogP contribution in [0.4, 0.5) is 4.79 Å². The third-order valence-electron chi connectivity index (χ3n) is 0.262. The Morgan fingerprint density at radius 1 is 1.36 bits per heavy atom. The smallest absolute Gasteiger partial charge is 0.251 e. The van der Waals surface area contributed by atoms with Crippen LogP contribution in [0.1, 0.15) is 6.92 Å². The maximum absolute atomic E-state index is 9.27. The van der Waals surface area contributed by atoms with Gasteiger partial charge in [0.2, 0.25) is 0 Å². The van der Waals surface area contributed by atoms with Gasteiger partial charge in [-0.05, 0) is 6.92 Å². The van der Waals surface area contributed by atoms with Crippen molar-refractivity contribution in [3.05, 3.63) is 0 Å². The molecule has 0 aromatic carbocycles. The van der Waals surface area contributed by atoms with E-state index in [4.69, 9.17) is 0 Å². The van der Waals surface area contributed by atoms with Crippen molar-refractivity contribution in [3.8, 4) is 0 Å². The monoisotopic (exact) mass is 180 g/mol. The molecule has 0 aromatic rings. The Morgan fingerprint density at radius 2 is 1.64 bits per heavy atom. The summed E-state index contributed by atoms with van der Waals surface area (Å²) in [5.41, 5.74) is 0. The van der Waals surface area contributed by atoms with E-state index in [1.165, 1.54) is 0 Å². The molecule has 0 fully saturated rings. The summed E-state index contributed by atoms with van der Waals surface area (Å²) < 4.78 is 3.85. The zero-order valence-corrected chi connectivity index (χ0v) is 8.77. The van der Waals surface area contributed by atoms with Gasteiger partial charge in [0.05, 0.1) is 0 Å². The highest BCUT2D eigenvalue weighted by atomic mass is 31.2. The van der Waals surface area contributed by atoms with Gasteiger partial charge in [-0.1, -0.05) is 0 Å². The molecule has 0 unspecified atom stereocenters. The Bertz CT molecular complexity index is 101. The van der Waals surface area contributed by atoms with Gasteiger partial charge in [-0.15, -0.1) is 0 Å². The van der Waals surface area contributed by atoms with Crippen molar-refractivity contribution in [1.82, 2.24) is 0 Å². The number of carboxylic acid groups (broad SMARTS) is 1. The van der Waals surface area contributed by atoms with Crippen LogP contribution >= 0.6 is 7.26 Å². The van der Waals surface area contributed by atoms with Gasteiger partial charge in [0.15, 0.2) is 0 Å². The Labute approximate surface area is 69.1 Å². The quantitative estimate of drug-likeness (QED) is 0.444. The molecule has 0 aliphatic rings. The number of hydrogen-bond acceptors (Lipinski definition) is 3. The van der Waals surface area contributed by atoms with Gasteiger partial charge in [-0.3, -0.25) is 0 Å². The Hall–Kier alpha value is -0.300. The molecule has 3 nitrogen and oxygen atoms in total. The van der Waals surface area contributed by atoms with E-state index in [2.05, 4.69) is 31.4 Å². The van der Waals surface area contributed by atoms with E-state index in [9.17, 15) is 9.90 Å². The molecule has 0 aliphatic heterocycles. The molecule has 11 heavy (non-hydrogen) atoms. The summed E-state index contributed by atoms with van der Waals surface area (Å²) in [7, 11) is -0.389. The van der Waals surface area contributed by atoms with E-state index in [1.807, 2.05) is 0 Å². The van der Waals surface area contributed by atoms with Crippen molar-refractivity contribution >= 4 is 13.4 Å².